The van der Waals surface area contributed by atoms with E-state index in [9.17, 15) is 19.8 Å². The Labute approximate surface area is 189 Å². The maximum atomic E-state index is 13.3. The second-order valence-electron chi connectivity index (χ2n) is 9.27. The van der Waals surface area contributed by atoms with Gasteiger partial charge >= 0.3 is 0 Å². The minimum absolute atomic E-state index is 0.0297. The molecular formula is C26H31NO5. The lowest BCUT2D eigenvalue weighted by Gasteiger charge is -2.29. The van der Waals surface area contributed by atoms with Gasteiger partial charge in [0, 0.05) is 12.0 Å². The van der Waals surface area contributed by atoms with Gasteiger partial charge in [0.15, 0.2) is 23.0 Å². The molecule has 1 heterocycles. The summed E-state index contributed by atoms with van der Waals surface area (Å²) >= 11 is 0. The Bertz CT molecular complexity index is 1090. The van der Waals surface area contributed by atoms with Crippen LogP contribution >= 0.6 is 0 Å². The van der Waals surface area contributed by atoms with Gasteiger partial charge in [-0.1, -0.05) is 50.6 Å². The normalized spacial score (nSPS) is 16.6. The zero-order valence-corrected chi connectivity index (χ0v) is 19.5. The third kappa shape index (κ3) is 4.35. The van der Waals surface area contributed by atoms with Gasteiger partial charge in [-0.3, -0.25) is 9.59 Å². The number of ketones is 1. The Hall–Kier alpha value is -3.28. The molecule has 1 atom stereocenters. The number of nitrogens with zero attached hydrogens (tertiary/aromatic N) is 1. The molecule has 0 saturated heterocycles. The molecule has 6 nitrogen and oxygen atoms in total. The maximum absolute atomic E-state index is 13.3. The van der Waals surface area contributed by atoms with E-state index in [-0.39, 0.29) is 29.4 Å². The summed E-state index contributed by atoms with van der Waals surface area (Å²) in [7, 11) is 0. The van der Waals surface area contributed by atoms with Gasteiger partial charge in [0.2, 0.25) is 0 Å². The van der Waals surface area contributed by atoms with Crippen molar-refractivity contribution in [2.75, 3.05) is 6.61 Å². The van der Waals surface area contributed by atoms with Crippen LogP contribution in [0.5, 0.6) is 11.5 Å². The summed E-state index contributed by atoms with van der Waals surface area (Å²) in [5, 5.41) is 21.0. The largest absolute Gasteiger partial charge is 0.504 e. The highest BCUT2D eigenvalue weighted by Crippen LogP contribution is 2.43. The Morgan fingerprint density at radius 2 is 1.78 bits per heavy atom. The van der Waals surface area contributed by atoms with Crippen LogP contribution in [0.15, 0.2) is 47.7 Å². The second kappa shape index (κ2) is 8.69. The number of hydrogen-bond donors (Lipinski definition) is 2. The molecule has 1 aliphatic heterocycles. The first-order valence-corrected chi connectivity index (χ1v) is 10.8. The number of carbonyl (C=O) groups is 2. The highest BCUT2D eigenvalue weighted by Gasteiger charge is 2.46. The summed E-state index contributed by atoms with van der Waals surface area (Å²) in [6.07, 6.45) is 0. The van der Waals surface area contributed by atoms with E-state index < -0.39 is 23.1 Å². The van der Waals surface area contributed by atoms with Crippen LogP contribution in [0.3, 0.4) is 0 Å². The molecule has 6 heteroatoms. The predicted octanol–water partition coefficient (Wildman–Crippen LogP) is 4.92. The lowest BCUT2D eigenvalue weighted by molar-refractivity contribution is -0.130. The van der Waals surface area contributed by atoms with Gasteiger partial charge in [0.05, 0.1) is 18.2 Å². The number of aliphatic hydroxyl groups is 1. The van der Waals surface area contributed by atoms with Gasteiger partial charge in [-0.25, -0.2) is 0 Å². The van der Waals surface area contributed by atoms with Crippen LogP contribution in [0.2, 0.25) is 0 Å². The van der Waals surface area contributed by atoms with Crippen LogP contribution in [0.1, 0.15) is 56.0 Å². The number of benzene rings is 2. The number of aryl methyl sites for hydroxylation is 2. The molecule has 2 N–H and O–H groups in total. The average Bonchev–Trinajstić information content (AvgIpc) is 2.96. The van der Waals surface area contributed by atoms with E-state index in [4.69, 9.17) is 4.74 Å². The minimum Gasteiger partial charge on any atom is -0.504 e. The molecule has 32 heavy (non-hydrogen) atoms. The van der Waals surface area contributed by atoms with E-state index in [0.717, 1.165) is 16.7 Å². The minimum atomic E-state index is -0.797. The lowest BCUT2D eigenvalue weighted by atomic mass is 9.82. The molecule has 2 aromatic rings. The number of amides is 1. The molecule has 0 bridgehead atoms. The van der Waals surface area contributed by atoms with Crippen molar-refractivity contribution in [2.45, 2.75) is 54.1 Å². The average molecular weight is 438 g/mol. The van der Waals surface area contributed by atoms with E-state index >= 15 is 0 Å². The topological polar surface area (TPSA) is 87.1 Å². The number of aliphatic hydroxyl groups excluding tert-OH is 1. The molecule has 1 aliphatic rings. The summed E-state index contributed by atoms with van der Waals surface area (Å²) in [6.45, 7) is 11.6. The molecule has 0 spiro atoms. The van der Waals surface area contributed by atoms with Crippen LogP contribution in [0.25, 0.3) is 0 Å². The number of aromatic hydroxyl groups is 1. The summed E-state index contributed by atoms with van der Waals surface area (Å²) in [6, 6.07) is 9.96. The summed E-state index contributed by atoms with van der Waals surface area (Å²) in [5.41, 5.74) is 2.86. The summed E-state index contributed by atoms with van der Waals surface area (Å²) in [5.74, 6) is -1.18. The molecule has 0 fully saturated rings. The van der Waals surface area contributed by atoms with Gasteiger partial charge in [-0.15, -0.1) is 0 Å². The molecular weight excluding hydrogens is 406 g/mol. The van der Waals surface area contributed by atoms with Crippen molar-refractivity contribution in [1.82, 2.24) is 4.90 Å². The quantitative estimate of drug-likeness (QED) is 0.670. The predicted molar refractivity (Wildman–Crippen MR) is 123 cm³/mol. The van der Waals surface area contributed by atoms with Gasteiger partial charge < -0.3 is 19.8 Å². The molecule has 3 rings (SSSR count). The molecule has 0 saturated carbocycles. The van der Waals surface area contributed by atoms with Crippen molar-refractivity contribution in [3.05, 3.63) is 70.0 Å². The monoisotopic (exact) mass is 437 g/mol. The zero-order valence-electron chi connectivity index (χ0n) is 19.5. The standard InChI is InChI=1S/C26H31NO5/c1-7-32-20-13-17(10-11-19(20)28)22-21(24(30)26(4,5)6)23(29)25(31)27(22)14-18-12-15(2)8-9-16(18)3/h8-13,22,28-29H,7,14H2,1-6H3. The first-order valence-electron chi connectivity index (χ1n) is 10.8. The van der Waals surface area contributed by atoms with Gasteiger partial charge in [-0.2, -0.15) is 0 Å². The smallest absolute Gasteiger partial charge is 0.290 e. The van der Waals surface area contributed by atoms with Crippen LogP contribution in [-0.4, -0.2) is 33.4 Å². The lowest BCUT2D eigenvalue weighted by Crippen LogP contribution is -2.32. The number of carbonyl (C=O) groups excluding carboxylic acids is 2. The SMILES string of the molecule is CCOc1cc(C2C(C(=O)C(C)(C)C)=C(O)C(=O)N2Cc2cc(C)ccc2C)ccc1O. The highest BCUT2D eigenvalue weighted by atomic mass is 16.5. The summed E-state index contributed by atoms with van der Waals surface area (Å²) < 4.78 is 5.52. The number of phenols is 1. The van der Waals surface area contributed by atoms with Crippen LogP contribution in [-0.2, 0) is 16.1 Å². The fourth-order valence-electron chi connectivity index (χ4n) is 3.93. The number of Topliss-reactive ketones (excluding diaryl/α,β-unsaturated/α-hetero) is 1. The van der Waals surface area contributed by atoms with E-state index in [2.05, 4.69) is 0 Å². The Morgan fingerprint density at radius 1 is 1.09 bits per heavy atom. The Morgan fingerprint density at radius 3 is 2.41 bits per heavy atom. The van der Waals surface area contributed by atoms with Crippen LogP contribution in [0.4, 0.5) is 0 Å². The fraction of sp³-hybridized carbons (Fsp3) is 0.385. The third-order valence-electron chi connectivity index (χ3n) is 5.67. The van der Waals surface area contributed by atoms with Crippen molar-refractivity contribution in [3.63, 3.8) is 0 Å². The van der Waals surface area contributed by atoms with E-state index in [1.54, 1.807) is 39.8 Å². The molecule has 2 aromatic carbocycles. The molecule has 1 amide bonds. The molecule has 170 valence electrons. The second-order valence-corrected chi connectivity index (χ2v) is 9.27. The number of phenolic OH excluding ortho intramolecular Hbond substituents is 1. The van der Waals surface area contributed by atoms with Crippen LogP contribution < -0.4 is 4.74 Å². The van der Waals surface area contributed by atoms with Crippen molar-refractivity contribution in [1.29, 1.82) is 0 Å². The van der Waals surface area contributed by atoms with Crippen LogP contribution in [0, 0.1) is 19.3 Å². The first kappa shape index (κ1) is 23.4. The van der Waals surface area contributed by atoms with Gasteiger partial charge in [0.1, 0.15) is 0 Å². The zero-order chi connectivity index (χ0) is 23.8. The number of rotatable bonds is 6. The Kier molecular flexibility index (Phi) is 6.35. The van der Waals surface area contributed by atoms with Crippen molar-refractivity contribution in [2.24, 2.45) is 5.41 Å². The maximum Gasteiger partial charge on any atom is 0.290 e. The number of hydrogen-bond acceptors (Lipinski definition) is 5. The summed E-state index contributed by atoms with van der Waals surface area (Å²) in [4.78, 5) is 28.0. The van der Waals surface area contributed by atoms with Crippen molar-refractivity contribution in [3.8, 4) is 11.5 Å². The number of ether oxygens (including phenoxy) is 1. The van der Waals surface area contributed by atoms with E-state index in [1.807, 2.05) is 32.0 Å². The molecule has 0 aliphatic carbocycles. The third-order valence-corrected chi connectivity index (χ3v) is 5.67. The van der Waals surface area contributed by atoms with Crippen molar-refractivity contribution < 1.29 is 24.5 Å². The fourth-order valence-corrected chi connectivity index (χ4v) is 3.93. The van der Waals surface area contributed by atoms with Crippen molar-refractivity contribution >= 4 is 11.7 Å². The van der Waals surface area contributed by atoms with Gasteiger partial charge in [0.25, 0.3) is 5.91 Å². The molecule has 0 radical (unpaired) electrons. The van der Waals surface area contributed by atoms with E-state index in [1.165, 1.54) is 11.0 Å². The first-order chi connectivity index (χ1) is 15.0. The van der Waals surface area contributed by atoms with Gasteiger partial charge in [-0.05, 0) is 49.6 Å². The highest BCUT2D eigenvalue weighted by molar-refractivity contribution is 6.10. The van der Waals surface area contributed by atoms with E-state index in [0.29, 0.717) is 12.2 Å². The Balaban J connectivity index is 2.16. The molecule has 0 aromatic heterocycles. The molecule has 1 unspecified atom stereocenters.